The van der Waals surface area contributed by atoms with E-state index in [4.69, 9.17) is 23.2 Å². The molecule has 1 nitrogen and oxygen atoms in total. The van der Waals surface area contributed by atoms with Crippen molar-refractivity contribution in [3.63, 3.8) is 0 Å². The first-order chi connectivity index (χ1) is 8.37. The number of allylic oxidation sites excluding steroid dienone is 2. The van der Waals surface area contributed by atoms with Gasteiger partial charge in [0.1, 0.15) is 0 Å². The summed E-state index contributed by atoms with van der Waals surface area (Å²) in [6.45, 7) is 4.24. The Kier molecular flexibility index (Phi) is 3.84. The van der Waals surface area contributed by atoms with Gasteiger partial charge in [-0.1, -0.05) is 54.8 Å². The molecule has 0 heterocycles. The van der Waals surface area contributed by atoms with Gasteiger partial charge in [-0.3, -0.25) is 4.79 Å². The minimum atomic E-state index is 0.0478. The number of ketones is 1. The van der Waals surface area contributed by atoms with Crippen molar-refractivity contribution < 1.29 is 4.79 Å². The van der Waals surface area contributed by atoms with Crippen LogP contribution in [0, 0.1) is 5.41 Å². The van der Waals surface area contributed by atoms with Gasteiger partial charge in [-0.05, 0) is 36.0 Å². The molecule has 0 unspecified atom stereocenters. The van der Waals surface area contributed by atoms with Crippen molar-refractivity contribution in [3.05, 3.63) is 45.5 Å². The third kappa shape index (κ3) is 3.15. The lowest BCUT2D eigenvalue weighted by Crippen LogP contribution is -2.22. The van der Waals surface area contributed by atoms with Crippen molar-refractivity contribution in [1.29, 1.82) is 0 Å². The Morgan fingerprint density at radius 1 is 1.22 bits per heavy atom. The molecule has 0 spiro atoms. The molecule has 3 heteroatoms. The first kappa shape index (κ1) is 13.6. The quantitative estimate of drug-likeness (QED) is 0.758. The Morgan fingerprint density at radius 3 is 2.61 bits per heavy atom. The second-order valence-corrected chi connectivity index (χ2v) is 6.46. The second kappa shape index (κ2) is 5.07. The van der Waals surface area contributed by atoms with E-state index in [0.717, 1.165) is 17.6 Å². The van der Waals surface area contributed by atoms with Gasteiger partial charge in [-0.2, -0.15) is 0 Å². The molecule has 0 saturated heterocycles. The van der Waals surface area contributed by atoms with Crippen LogP contribution in [0.25, 0.3) is 0 Å². The largest absolute Gasteiger partial charge is 0.295 e. The number of hydrogen-bond donors (Lipinski definition) is 0. The predicted molar refractivity (Wildman–Crippen MR) is 76.3 cm³/mol. The number of rotatable bonds is 2. The van der Waals surface area contributed by atoms with E-state index in [0.29, 0.717) is 22.9 Å². The zero-order valence-electron chi connectivity index (χ0n) is 10.6. The fraction of sp³-hybridized carbons (Fsp3) is 0.400. The molecule has 0 N–H and O–H groups in total. The van der Waals surface area contributed by atoms with Gasteiger partial charge in [0, 0.05) is 6.42 Å². The summed E-state index contributed by atoms with van der Waals surface area (Å²) in [6.07, 6.45) is 4.03. The molecule has 1 aromatic carbocycles. The topological polar surface area (TPSA) is 17.1 Å². The van der Waals surface area contributed by atoms with Gasteiger partial charge in [0.15, 0.2) is 5.78 Å². The molecule has 0 aliphatic heterocycles. The van der Waals surface area contributed by atoms with Gasteiger partial charge in [0.2, 0.25) is 0 Å². The monoisotopic (exact) mass is 282 g/mol. The molecule has 0 bridgehead atoms. The average Bonchev–Trinajstić information content (AvgIpc) is 2.22. The molecule has 1 aliphatic rings. The number of benzene rings is 1. The lowest BCUT2D eigenvalue weighted by atomic mass is 9.75. The summed E-state index contributed by atoms with van der Waals surface area (Å²) < 4.78 is 0. The number of halogens is 2. The highest BCUT2D eigenvalue weighted by molar-refractivity contribution is 6.42. The van der Waals surface area contributed by atoms with Crippen LogP contribution in [0.3, 0.4) is 0 Å². The Hall–Kier alpha value is -0.790. The Labute approximate surface area is 118 Å². The van der Waals surface area contributed by atoms with E-state index in [1.807, 2.05) is 12.1 Å². The van der Waals surface area contributed by atoms with Crippen LogP contribution in [-0.4, -0.2) is 5.78 Å². The first-order valence-electron chi connectivity index (χ1n) is 6.02. The normalized spacial score (nSPS) is 18.7. The summed E-state index contributed by atoms with van der Waals surface area (Å²) in [5.41, 5.74) is 2.17. The van der Waals surface area contributed by atoms with Crippen molar-refractivity contribution in [2.24, 2.45) is 5.41 Å². The summed E-state index contributed by atoms with van der Waals surface area (Å²) in [5, 5.41) is 1.16. The van der Waals surface area contributed by atoms with Gasteiger partial charge in [0.25, 0.3) is 0 Å². The van der Waals surface area contributed by atoms with E-state index >= 15 is 0 Å². The van der Waals surface area contributed by atoms with Crippen LogP contribution in [0.2, 0.25) is 10.0 Å². The van der Waals surface area contributed by atoms with E-state index in [1.165, 1.54) is 0 Å². The predicted octanol–water partition coefficient (Wildman–Crippen LogP) is 4.85. The van der Waals surface area contributed by atoms with Gasteiger partial charge < -0.3 is 0 Å². The molecule has 2 rings (SSSR count). The molecule has 1 aromatic rings. The van der Waals surface area contributed by atoms with E-state index < -0.39 is 0 Å². The highest BCUT2D eigenvalue weighted by Crippen LogP contribution is 2.36. The molecule has 0 saturated carbocycles. The highest BCUT2D eigenvalue weighted by Gasteiger charge is 2.27. The van der Waals surface area contributed by atoms with Crippen LogP contribution in [0.5, 0.6) is 0 Å². The van der Waals surface area contributed by atoms with Crippen molar-refractivity contribution in [2.75, 3.05) is 0 Å². The maximum atomic E-state index is 11.7. The average molecular weight is 283 g/mol. The molecule has 0 radical (unpaired) electrons. The van der Waals surface area contributed by atoms with E-state index in [9.17, 15) is 4.79 Å². The third-order valence-electron chi connectivity index (χ3n) is 3.17. The van der Waals surface area contributed by atoms with Crippen LogP contribution in [-0.2, 0) is 11.2 Å². The lowest BCUT2D eigenvalue weighted by Gasteiger charge is -2.29. The maximum absolute atomic E-state index is 11.7. The van der Waals surface area contributed by atoms with Crippen molar-refractivity contribution in [2.45, 2.75) is 33.1 Å². The second-order valence-electron chi connectivity index (χ2n) is 5.68. The molecule has 0 amide bonds. The zero-order chi connectivity index (χ0) is 13.3. The number of carbonyl (C=O) groups is 1. The molecular weight excluding hydrogens is 267 g/mol. The fourth-order valence-corrected chi connectivity index (χ4v) is 2.91. The minimum Gasteiger partial charge on any atom is -0.295 e. The molecular formula is C15H16Cl2O. The zero-order valence-corrected chi connectivity index (χ0v) is 12.1. The van der Waals surface area contributed by atoms with E-state index in [-0.39, 0.29) is 11.2 Å². The third-order valence-corrected chi connectivity index (χ3v) is 4.03. The van der Waals surface area contributed by atoms with Gasteiger partial charge in [-0.25, -0.2) is 0 Å². The molecule has 0 fully saturated rings. The number of carbonyl (C=O) groups excluding carboxylic acids is 1. The van der Waals surface area contributed by atoms with E-state index in [1.54, 1.807) is 12.1 Å². The minimum absolute atomic E-state index is 0.0478. The molecule has 0 atom stereocenters. The molecule has 0 aromatic heterocycles. The summed E-state index contributed by atoms with van der Waals surface area (Å²) in [7, 11) is 0. The first-order valence-corrected chi connectivity index (χ1v) is 6.78. The smallest absolute Gasteiger partial charge is 0.156 e. The van der Waals surface area contributed by atoms with Crippen LogP contribution >= 0.6 is 23.2 Å². The van der Waals surface area contributed by atoms with Crippen LogP contribution in [0.1, 0.15) is 32.3 Å². The Balaban J connectivity index is 2.24. The van der Waals surface area contributed by atoms with E-state index in [2.05, 4.69) is 13.8 Å². The van der Waals surface area contributed by atoms with Crippen molar-refractivity contribution in [1.82, 2.24) is 0 Å². The number of hydrogen-bond acceptors (Lipinski definition) is 1. The van der Waals surface area contributed by atoms with Gasteiger partial charge in [-0.15, -0.1) is 0 Å². The Morgan fingerprint density at radius 2 is 1.94 bits per heavy atom. The highest BCUT2D eigenvalue weighted by atomic mass is 35.5. The molecule has 18 heavy (non-hydrogen) atoms. The fourth-order valence-electron chi connectivity index (χ4n) is 2.52. The van der Waals surface area contributed by atoms with Crippen molar-refractivity contribution >= 4 is 29.0 Å². The summed E-state index contributed by atoms with van der Waals surface area (Å²) >= 11 is 12.2. The lowest BCUT2D eigenvalue weighted by molar-refractivity contribution is -0.117. The standard InChI is InChI=1S/C15H16Cl2O/c1-15(2)8-10(7-12(18)9-15)6-11-4-3-5-13(16)14(11)17/h3-5,7H,6,8-9H2,1-2H3. The van der Waals surface area contributed by atoms with Crippen LogP contribution in [0.4, 0.5) is 0 Å². The van der Waals surface area contributed by atoms with Crippen LogP contribution < -0.4 is 0 Å². The van der Waals surface area contributed by atoms with Crippen molar-refractivity contribution in [3.8, 4) is 0 Å². The Bertz CT molecular complexity index is 515. The summed E-state index contributed by atoms with van der Waals surface area (Å²) in [5.74, 6) is 0.208. The molecule has 96 valence electrons. The summed E-state index contributed by atoms with van der Waals surface area (Å²) in [6, 6.07) is 5.62. The van der Waals surface area contributed by atoms with Gasteiger partial charge >= 0.3 is 0 Å². The van der Waals surface area contributed by atoms with Crippen LogP contribution in [0.15, 0.2) is 29.8 Å². The molecule has 1 aliphatic carbocycles. The maximum Gasteiger partial charge on any atom is 0.156 e. The summed E-state index contributed by atoms with van der Waals surface area (Å²) in [4.78, 5) is 11.7. The SMILES string of the molecule is CC1(C)CC(=O)C=C(Cc2cccc(Cl)c2Cl)C1. The van der Waals surface area contributed by atoms with Gasteiger partial charge in [0.05, 0.1) is 10.0 Å².